The van der Waals surface area contributed by atoms with Crippen LogP contribution in [0.15, 0.2) is 54.1 Å². The fraction of sp³-hybridized carbons (Fsp3) is 0.407. The smallest absolute Gasteiger partial charge is 0.295 e. The van der Waals surface area contributed by atoms with Crippen molar-refractivity contribution in [1.82, 2.24) is 9.80 Å². The molecular formula is C27H31ClN2O4. The van der Waals surface area contributed by atoms with Crippen LogP contribution in [0.4, 0.5) is 0 Å². The maximum atomic E-state index is 13.2. The van der Waals surface area contributed by atoms with E-state index in [0.717, 1.165) is 24.2 Å². The first-order valence-corrected chi connectivity index (χ1v) is 12.0. The molecule has 6 nitrogen and oxygen atoms in total. The molecule has 1 atom stereocenters. The molecule has 0 bridgehead atoms. The molecule has 2 aromatic carbocycles. The molecule has 0 radical (unpaired) electrons. The Labute approximate surface area is 205 Å². The summed E-state index contributed by atoms with van der Waals surface area (Å²) in [6, 6.07) is 13.9. The van der Waals surface area contributed by atoms with Crippen molar-refractivity contribution in [2.75, 3.05) is 39.4 Å². The molecule has 7 heteroatoms. The largest absolute Gasteiger partial charge is 0.507 e. The maximum Gasteiger partial charge on any atom is 0.295 e. The number of Topliss-reactive ketones (excluding diaryl/α,β-unsaturated/α-hetero) is 1. The zero-order valence-electron chi connectivity index (χ0n) is 19.9. The van der Waals surface area contributed by atoms with Crippen LogP contribution in [0.3, 0.4) is 0 Å². The molecule has 0 unspecified atom stereocenters. The summed E-state index contributed by atoms with van der Waals surface area (Å²) in [6.07, 6.45) is 0. The van der Waals surface area contributed by atoms with Gasteiger partial charge in [-0.05, 0) is 40.8 Å². The van der Waals surface area contributed by atoms with E-state index in [9.17, 15) is 14.7 Å². The summed E-state index contributed by atoms with van der Waals surface area (Å²) in [5.74, 6) is -1.44. The first-order valence-electron chi connectivity index (χ1n) is 11.6. The Morgan fingerprint density at radius 2 is 1.62 bits per heavy atom. The van der Waals surface area contributed by atoms with Gasteiger partial charge in [0, 0.05) is 36.8 Å². The van der Waals surface area contributed by atoms with Gasteiger partial charge >= 0.3 is 0 Å². The molecule has 2 saturated heterocycles. The molecule has 180 valence electrons. The topological polar surface area (TPSA) is 70.1 Å². The van der Waals surface area contributed by atoms with Crippen LogP contribution < -0.4 is 0 Å². The number of rotatable bonds is 5. The van der Waals surface area contributed by atoms with Crippen molar-refractivity contribution in [1.29, 1.82) is 0 Å². The van der Waals surface area contributed by atoms with Crippen molar-refractivity contribution in [3.8, 4) is 0 Å². The van der Waals surface area contributed by atoms with E-state index < -0.39 is 17.7 Å². The molecule has 2 aromatic rings. The molecule has 1 N–H and O–H groups in total. The molecule has 0 saturated carbocycles. The monoisotopic (exact) mass is 482 g/mol. The highest BCUT2D eigenvalue weighted by Gasteiger charge is 2.46. The average molecular weight is 483 g/mol. The number of amides is 1. The summed E-state index contributed by atoms with van der Waals surface area (Å²) < 4.78 is 5.42. The quantitative estimate of drug-likeness (QED) is 0.389. The van der Waals surface area contributed by atoms with Gasteiger partial charge in [0.15, 0.2) is 0 Å². The Kier molecular flexibility index (Phi) is 7.12. The number of carbonyl (C=O) groups excluding carboxylic acids is 2. The number of aliphatic hydroxyl groups is 1. The van der Waals surface area contributed by atoms with Crippen LogP contribution in [0.25, 0.3) is 5.76 Å². The number of benzene rings is 2. The molecule has 0 spiro atoms. The summed E-state index contributed by atoms with van der Waals surface area (Å²) in [7, 11) is 0. The van der Waals surface area contributed by atoms with E-state index in [2.05, 4.69) is 25.7 Å². The summed E-state index contributed by atoms with van der Waals surface area (Å²) in [6.45, 7) is 10.3. The van der Waals surface area contributed by atoms with Crippen LogP contribution in [0.2, 0.25) is 5.02 Å². The van der Waals surface area contributed by atoms with Gasteiger partial charge in [0.05, 0.1) is 24.8 Å². The van der Waals surface area contributed by atoms with Crippen LogP contribution in [0.5, 0.6) is 0 Å². The second-order valence-corrected chi connectivity index (χ2v) is 10.3. The Bertz CT molecular complexity index is 1080. The normalized spacial score (nSPS) is 21.3. The van der Waals surface area contributed by atoms with Gasteiger partial charge in [0.25, 0.3) is 11.7 Å². The lowest BCUT2D eigenvalue weighted by Gasteiger charge is -2.31. The van der Waals surface area contributed by atoms with E-state index in [4.69, 9.17) is 16.3 Å². The van der Waals surface area contributed by atoms with Gasteiger partial charge in [-0.15, -0.1) is 0 Å². The molecule has 2 aliphatic heterocycles. The Balaban J connectivity index is 1.74. The summed E-state index contributed by atoms with van der Waals surface area (Å²) in [5, 5.41) is 11.7. The molecule has 2 aliphatic rings. The van der Waals surface area contributed by atoms with E-state index in [1.54, 1.807) is 29.2 Å². The Morgan fingerprint density at radius 1 is 1.00 bits per heavy atom. The zero-order valence-corrected chi connectivity index (χ0v) is 20.6. The number of hydrogen-bond acceptors (Lipinski definition) is 5. The number of nitrogens with zero attached hydrogens (tertiary/aromatic N) is 2. The minimum absolute atomic E-state index is 0.0278. The van der Waals surface area contributed by atoms with Crippen molar-refractivity contribution in [2.24, 2.45) is 0 Å². The second-order valence-electron chi connectivity index (χ2n) is 9.83. The summed E-state index contributed by atoms with van der Waals surface area (Å²) >= 11 is 6.00. The summed E-state index contributed by atoms with van der Waals surface area (Å²) in [4.78, 5) is 30.2. The van der Waals surface area contributed by atoms with Crippen LogP contribution in [0.1, 0.15) is 43.5 Å². The minimum Gasteiger partial charge on any atom is -0.507 e. The van der Waals surface area contributed by atoms with Gasteiger partial charge in [-0.1, -0.05) is 56.6 Å². The maximum absolute atomic E-state index is 13.2. The third kappa shape index (κ3) is 5.04. The summed E-state index contributed by atoms with van der Waals surface area (Å²) in [5.41, 5.74) is 2.48. The lowest BCUT2D eigenvalue weighted by Crippen LogP contribution is -2.42. The molecule has 1 amide bonds. The first kappa shape index (κ1) is 24.5. The third-order valence-corrected chi connectivity index (χ3v) is 6.76. The van der Waals surface area contributed by atoms with Gasteiger partial charge < -0.3 is 14.7 Å². The standard InChI is InChI=1S/C27H31ClN2O4/c1-27(2,3)20-8-4-18(5-9-20)23-22(24(31)19-6-10-21(28)11-7-19)25(32)26(33)30(23)13-12-29-14-16-34-17-15-29/h4-11,23,31H,12-17H2,1-3H3/t23-/m1/s1. The fourth-order valence-electron chi connectivity index (χ4n) is 4.46. The van der Waals surface area contributed by atoms with E-state index in [1.807, 2.05) is 24.3 Å². The predicted octanol–water partition coefficient (Wildman–Crippen LogP) is 4.39. The zero-order chi connectivity index (χ0) is 24.5. The molecule has 4 rings (SSSR count). The van der Waals surface area contributed by atoms with Crippen molar-refractivity contribution in [3.63, 3.8) is 0 Å². The van der Waals surface area contributed by atoms with Gasteiger partial charge in [0.1, 0.15) is 5.76 Å². The number of halogens is 1. The second kappa shape index (κ2) is 9.90. The van der Waals surface area contributed by atoms with Crippen molar-refractivity contribution >= 4 is 29.1 Å². The van der Waals surface area contributed by atoms with Gasteiger partial charge in [-0.2, -0.15) is 0 Å². The van der Waals surface area contributed by atoms with Gasteiger partial charge in [0.2, 0.25) is 0 Å². The SMILES string of the molecule is CC(C)(C)c1ccc([C@@H]2C(=C(O)c3ccc(Cl)cc3)C(=O)C(=O)N2CCN2CCOCC2)cc1. The van der Waals surface area contributed by atoms with Crippen LogP contribution in [-0.2, 0) is 19.7 Å². The average Bonchev–Trinajstić information content (AvgIpc) is 3.08. The molecular weight excluding hydrogens is 452 g/mol. The highest BCUT2D eigenvalue weighted by atomic mass is 35.5. The van der Waals surface area contributed by atoms with Crippen LogP contribution in [-0.4, -0.2) is 66.0 Å². The van der Waals surface area contributed by atoms with Gasteiger partial charge in [-0.3, -0.25) is 14.5 Å². The Hall–Kier alpha value is -2.67. The van der Waals surface area contributed by atoms with Crippen LogP contribution >= 0.6 is 11.6 Å². The van der Waals surface area contributed by atoms with Crippen molar-refractivity contribution < 1.29 is 19.4 Å². The highest BCUT2D eigenvalue weighted by Crippen LogP contribution is 2.40. The first-order chi connectivity index (χ1) is 16.2. The number of likely N-dealkylation sites (tertiary alicyclic amines) is 1. The molecule has 2 heterocycles. The van der Waals surface area contributed by atoms with E-state index in [0.29, 0.717) is 36.9 Å². The molecule has 0 aliphatic carbocycles. The highest BCUT2D eigenvalue weighted by molar-refractivity contribution is 6.46. The molecule has 2 fully saturated rings. The van der Waals surface area contributed by atoms with Crippen molar-refractivity contribution in [3.05, 3.63) is 75.8 Å². The van der Waals surface area contributed by atoms with Gasteiger partial charge in [-0.25, -0.2) is 0 Å². The number of hydrogen-bond donors (Lipinski definition) is 1. The fourth-order valence-corrected chi connectivity index (χ4v) is 4.59. The molecule has 0 aromatic heterocycles. The third-order valence-electron chi connectivity index (χ3n) is 6.51. The van der Waals surface area contributed by atoms with E-state index in [-0.39, 0.29) is 16.7 Å². The van der Waals surface area contributed by atoms with E-state index >= 15 is 0 Å². The number of morpholine rings is 1. The lowest BCUT2D eigenvalue weighted by molar-refractivity contribution is -0.140. The van der Waals surface area contributed by atoms with Crippen LogP contribution in [0, 0.1) is 0 Å². The number of aliphatic hydroxyl groups excluding tert-OH is 1. The van der Waals surface area contributed by atoms with Crippen molar-refractivity contribution in [2.45, 2.75) is 32.2 Å². The number of ether oxygens (including phenoxy) is 1. The minimum atomic E-state index is -0.667. The molecule has 34 heavy (non-hydrogen) atoms. The van der Waals surface area contributed by atoms with E-state index in [1.165, 1.54) is 0 Å². The number of ketones is 1. The Morgan fingerprint density at radius 3 is 2.21 bits per heavy atom. The number of carbonyl (C=O) groups is 2. The predicted molar refractivity (Wildman–Crippen MR) is 133 cm³/mol. The lowest BCUT2D eigenvalue weighted by atomic mass is 9.85.